The average Bonchev–Trinajstić information content (AvgIpc) is 3.14. The Morgan fingerprint density at radius 3 is 2.79 bits per heavy atom. The number of nitrogens with zero attached hydrogens (tertiary/aromatic N) is 4. The van der Waals surface area contributed by atoms with Gasteiger partial charge in [0, 0.05) is 29.7 Å². The smallest absolute Gasteiger partial charge is 0.233 e. The van der Waals surface area contributed by atoms with Crippen LogP contribution in [0.5, 0.6) is 0 Å². The Hall–Kier alpha value is -3.41. The molecule has 2 aromatic carbocycles. The lowest BCUT2D eigenvalue weighted by Gasteiger charge is -2.37. The fourth-order valence-electron chi connectivity index (χ4n) is 5.26. The third-order valence-corrected chi connectivity index (χ3v) is 6.45. The number of para-hydroxylation sites is 2. The molecule has 0 bridgehead atoms. The Kier molecular flexibility index (Phi) is 2.86. The molecule has 0 saturated carbocycles. The van der Waals surface area contributed by atoms with E-state index in [1.54, 1.807) is 0 Å². The topological polar surface area (TPSA) is 70.4 Å². The van der Waals surface area contributed by atoms with Gasteiger partial charge < -0.3 is 9.32 Å². The first-order chi connectivity index (χ1) is 14.3. The van der Waals surface area contributed by atoms with Crippen LogP contribution in [0, 0.1) is 5.41 Å². The number of aromatic nitrogens is 3. The van der Waals surface area contributed by atoms with Gasteiger partial charge in [-0.3, -0.25) is 9.81 Å². The molecule has 6 heteroatoms. The van der Waals surface area contributed by atoms with E-state index in [1.807, 2.05) is 28.7 Å². The third kappa shape index (κ3) is 1.98. The number of rotatable bonds is 0. The molecule has 6 nitrogen and oxygen atoms in total. The van der Waals surface area contributed by atoms with Crippen LogP contribution < -0.4 is 10.5 Å². The van der Waals surface area contributed by atoms with Gasteiger partial charge in [-0.05, 0) is 55.5 Å². The van der Waals surface area contributed by atoms with E-state index in [-0.39, 0.29) is 5.62 Å². The molecule has 142 valence electrons. The maximum atomic E-state index is 8.49. The molecule has 0 atom stereocenters. The van der Waals surface area contributed by atoms with Crippen LogP contribution in [0.4, 0.5) is 5.69 Å². The van der Waals surface area contributed by atoms with Crippen molar-refractivity contribution in [2.75, 3.05) is 18.0 Å². The number of nitrogens with one attached hydrogen (secondary N) is 1. The normalized spacial score (nSPS) is 16.2. The molecule has 29 heavy (non-hydrogen) atoms. The predicted molar refractivity (Wildman–Crippen MR) is 112 cm³/mol. The van der Waals surface area contributed by atoms with Gasteiger partial charge in [0.15, 0.2) is 5.65 Å². The van der Waals surface area contributed by atoms with Crippen molar-refractivity contribution in [3.8, 4) is 0 Å². The molecule has 0 amide bonds. The van der Waals surface area contributed by atoms with Crippen molar-refractivity contribution in [2.24, 2.45) is 0 Å². The van der Waals surface area contributed by atoms with Crippen molar-refractivity contribution in [1.82, 2.24) is 14.4 Å². The van der Waals surface area contributed by atoms with Crippen LogP contribution in [0.2, 0.25) is 0 Å². The van der Waals surface area contributed by atoms with Gasteiger partial charge in [0.25, 0.3) is 0 Å². The van der Waals surface area contributed by atoms with Gasteiger partial charge in [-0.1, -0.05) is 12.1 Å². The molecule has 2 aliphatic heterocycles. The zero-order chi connectivity index (χ0) is 19.1. The molecule has 0 spiro atoms. The van der Waals surface area contributed by atoms with Gasteiger partial charge in [0.1, 0.15) is 5.58 Å². The minimum atomic E-state index is 0.150. The molecule has 0 aliphatic carbocycles. The molecular weight excluding hydrogens is 362 g/mol. The first-order valence-corrected chi connectivity index (χ1v) is 10.3. The van der Waals surface area contributed by atoms with E-state index in [4.69, 9.17) is 14.8 Å². The van der Waals surface area contributed by atoms with Crippen molar-refractivity contribution in [3.63, 3.8) is 0 Å². The number of fused-ring (bicyclic) bond motifs is 7. The van der Waals surface area contributed by atoms with Crippen LogP contribution >= 0.6 is 0 Å². The zero-order valence-electron chi connectivity index (χ0n) is 15.9. The summed E-state index contributed by atoms with van der Waals surface area (Å²) in [5.74, 6) is 0. The van der Waals surface area contributed by atoms with Gasteiger partial charge in [-0.2, -0.15) is 4.98 Å². The summed E-state index contributed by atoms with van der Waals surface area (Å²) in [6.45, 7) is 2.27. The molecule has 7 rings (SSSR count). The first-order valence-electron chi connectivity index (χ1n) is 10.3. The Morgan fingerprint density at radius 1 is 1.00 bits per heavy atom. The molecule has 0 radical (unpaired) electrons. The van der Waals surface area contributed by atoms with Gasteiger partial charge >= 0.3 is 0 Å². The second-order valence-corrected chi connectivity index (χ2v) is 8.14. The molecule has 2 aliphatic rings. The highest BCUT2D eigenvalue weighted by Gasteiger charge is 2.27. The van der Waals surface area contributed by atoms with Gasteiger partial charge in [0.05, 0.1) is 16.4 Å². The largest absolute Gasteiger partial charge is 0.437 e. The summed E-state index contributed by atoms with van der Waals surface area (Å²) in [7, 11) is 0. The van der Waals surface area contributed by atoms with E-state index < -0.39 is 0 Å². The molecule has 0 fully saturated rings. The minimum absolute atomic E-state index is 0.150. The number of benzene rings is 2. The maximum Gasteiger partial charge on any atom is 0.233 e. The SMILES string of the molecule is N=c1nc2oc3c4c5c(cc3cc2c2nc3ccccc3n12)CCCN5CCC4. The summed E-state index contributed by atoms with van der Waals surface area (Å²) in [4.78, 5) is 11.8. The van der Waals surface area contributed by atoms with Crippen LogP contribution in [0.1, 0.15) is 24.0 Å². The predicted octanol–water partition coefficient (Wildman–Crippen LogP) is 3.96. The summed E-state index contributed by atoms with van der Waals surface area (Å²) in [6.07, 6.45) is 4.52. The molecule has 5 aromatic rings. The van der Waals surface area contributed by atoms with Crippen LogP contribution in [-0.2, 0) is 12.8 Å². The Bertz CT molecular complexity index is 1540. The highest BCUT2D eigenvalue weighted by atomic mass is 16.3. The van der Waals surface area contributed by atoms with Crippen molar-refractivity contribution in [1.29, 1.82) is 5.41 Å². The lowest BCUT2D eigenvalue weighted by Crippen LogP contribution is -2.34. The lowest BCUT2D eigenvalue weighted by atomic mass is 9.90. The molecule has 0 saturated heterocycles. The molecule has 1 N–H and O–H groups in total. The number of aryl methyl sites for hydroxylation is 2. The van der Waals surface area contributed by atoms with Crippen LogP contribution in [-0.4, -0.2) is 27.5 Å². The standard InChI is InChI=1S/C23H19N5O/c24-23-26-22-16(21-25-17-7-1-2-8-18(17)28(21)23)12-14-11-13-5-3-9-27-10-4-6-15(19(13)27)20(14)29-22/h1-2,7-8,11-12,24H,3-6,9-10H2. The van der Waals surface area contributed by atoms with Gasteiger partial charge in [-0.25, -0.2) is 4.98 Å². The maximum absolute atomic E-state index is 8.49. The van der Waals surface area contributed by atoms with E-state index in [0.29, 0.717) is 5.71 Å². The van der Waals surface area contributed by atoms with E-state index in [9.17, 15) is 0 Å². The van der Waals surface area contributed by atoms with Crippen molar-refractivity contribution < 1.29 is 4.42 Å². The Morgan fingerprint density at radius 2 is 1.86 bits per heavy atom. The van der Waals surface area contributed by atoms with E-state index in [0.717, 1.165) is 65.4 Å². The minimum Gasteiger partial charge on any atom is -0.437 e. The monoisotopic (exact) mass is 381 g/mol. The molecule has 5 heterocycles. The number of imidazole rings is 1. The van der Waals surface area contributed by atoms with Gasteiger partial charge in [0.2, 0.25) is 11.3 Å². The fourth-order valence-corrected chi connectivity index (χ4v) is 5.26. The highest BCUT2D eigenvalue weighted by Crippen LogP contribution is 2.41. The molecule has 0 unspecified atom stereocenters. The first kappa shape index (κ1) is 15.5. The summed E-state index contributed by atoms with van der Waals surface area (Å²) in [5, 5.41) is 10.5. The summed E-state index contributed by atoms with van der Waals surface area (Å²) >= 11 is 0. The van der Waals surface area contributed by atoms with Crippen molar-refractivity contribution in [2.45, 2.75) is 25.7 Å². The quantitative estimate of drug-likeness (QED) is 0.412. The van der Waals surface area contributed by atoms with Crippen molar-refractivity contribution >= 4 is 44.4 Å². The number of hydrogen-bond donors (Lipinski definition) is 1. The Balaban J connectivity index is 1.65. The third-order valence-electron chi connectivity index (χ3n) is 6.45. The van der Waals surface area contributed by atoms with E-state index in [2.05, 4.69) is 22.0 Å². The van der Waals surface area contributed by atoms with Crippen LogP contribution in [0.15, 0.2) is 40.8 Å². The summed E-state index contributed by atoms with van der Waals surface area (Å²) in [5.41, 5.74) is 8.21. The molecular formula is C23H19N5O. The van der Waals surface area contributed by atoms with Gasteiger partial charge in [-0.15, -0.1) is 0 Å². The van der Waals surface area contributed by atoms with Crippen molar-refractivity contribution in [3.05, 3.63) is 53.1 Å². The van der Waals surface area contributed by atoms with Crippen LogP contribution in [0.3, 0.4) is 0 Å². The summed E-state index contributed by atoms with van der Waals surface area (Å²) in [6, 6.07) is 12.3. The van der Waals surface area contributed by atoms with E-state index >= 15 is 0 Å². The Labute approximate surface area is 165 Å². The average molecular weight is 381 g/mol. The zero-order valence-corrected chi connectivity index (χ0v) is 15.9. The number of hydrogen-bond acceptors (Lipinski definition) is 5. The lowest BCUT2D eigenvalue weighted by molar-refractivity contribution is 0.606. The fraction of sp³-hybridized carbons (Fsp3) is 0.261. The summed E-state index contributed by atoms with van der Waals surface area (Å²) < 4.78 is 8.20. The highest BCUT2D eigenvalue weighted by molar-refractivity contribution is 6.00. The van der Waals surface area contributed by atoms with E-state index in [1.165, 1.54) is 23.2 Å². The van der Waals surface area contributed by atoms with Crippen LogP contribution in [0.25, 0.3) is 38.7 Å². The number of anilines is 1. The second kappa shape index (κ2) is 5.35. The molecule has 3 aromatic heterocycles. The second-order valence-electron chi connectivity index (χ2n) is 8.14.